The van der Waals surface area contributed by atoms with E-state index in [1.165, 1.54) is 0 Å². The first-order chi connectivity index (χ1) is 6.36. The first-order valence-corrected chi connectivity index (χ1v) is 4.07. The standard InChI is InChI=1S/C10H9N3/c1-8-6-10(13-12-7-8)9-4-2-3-5-11-9/h2-7H,1H3. The van der Waals surface area contributed by atoms with Crippen molar-refractivity contribution in [2.24, 2.45) is 0 Å². The monoisotopic (exact) mass is 171 g/mol. The van der Waals surface area contributed by atoms with E-state index in [9.17, 15) is 0 Å². The minimum absolute atomic E-state index is 0.820. The van der Waals surface area contributed by atoms with Crippen LogP contribution in [0.2, 0.25) is 0 Å². The van der Waals surface area contributed by atoms with E-state index >= 15 is 0 Å². The second kappa shape index (κ2) is 3.31. The SMILES string of the molecule is Cc1cnnc(-c2ccccn2)c1. The summed E-state index contributed by atoms with van der Waals surface area (Å²) in [4.78, 5) is 4.19. The van der Waals surface area contributed by atoms with Gasteiger partial charge >= 0.3 is 0 Å². The van der Waals surface area contributed by atoms with Crippen LogP contribution in [0.15, 0.2) is 36.7 Å². The molecule has 0 atom stereocenters. The Kier molecular flexibility index (Phi) is 2.00. The molecule has 0 aromatic carbocycles. The third kappa shape index (κ3) is 1.69. The van der Waals surface area contributed by atoms with Crippen molar-refractivity contribution in [3.8, 4) is 11.4 Å². The summed E-state index contributed by atoms with van der Waals surface area (Å²) in [6, 6.07) is 7.71. The molecule has 0 radical (unpaired) electrons. The summed E-state index contributed by atoms with van der Waals surface area (Å²) in [5, 5.41) is 7.87. The van der Waals surface area contributed by atoms with Crippen LogP contribution in [0.3, 0.4) is 0 Å². The molecule has 2 heterocycles. The van der Waals surface area contributed by atoms with Gasteiger partial charge in [-0.3, -0.25) is 4.98 Å². The first-order valence-electron chi connectivity index (χ1n) is 4.07. The summed E-state index contributed by atoms with van der Waals surface area (Å²) >= 11 is 0. The number of aromatic nitrogens is 3. The fraction of sp³-hybridized carbons (Fsp3) is 0.100. The highest BCUT2D eigenvalue weighted by molar-refractivity contribution is 5.53. The van der Waals surface area contributed by atoms with Crippen LogP contribution in [-0.2, 0) is 0 Å². The Morgan fingerprint density at radius 1 is 1.15 bits per heavy atom. The number of aryl methyl sites for hydroxylation is 1. The zero-order valence-electron chi connectivity index (χ0n) is 7.31. The van der Waals surface area contributed by atoms with Gasteiger partial charge in [-0.2, -0.15) is 5.10 Å². The Morgan fingerprint density at radius 3 is 2.77 bits per heavy atom. The zero-order chi connectivity index (χ0) is 9.10. The lowest BCUT2D eigenvalue weighted by Gasteiger charge is -1.98. The van der Waals surface area contributed by atoms with Gasteiger partial charge in [0, 0.05) is 6.20 Å². The van der Waals surface area contributed by atoms with Gasteiger partial charge in [-0.15, -0.1) is 5.10 Å². The molecule has 0 saturated heterocycles. The van der Waals surface area contributed by atoms with Gasteiger partial charge in [0.25, 0.3) is 0 Å². The molecule has 0 amide bonds. The van der Waals surface area contributed by atoms with Gasteiger partial charge < -0.3 is 0 Å². The average molecular weight is 171 g/mol. The van der Waals surface area contributed by atoms with E-state index in [-0.39, 0.29) is 0 Å². The van der Waals surface area contributed by atoms with Crippen LogP contribution >= 0.6 is 0 Å². The van der Waals surface area contributed by atoms with Crippen molar-refractivity contribution in [3.05, 3.63) is 42.2 Å². The molecule has 0 spiro atoms. The van der Waals surface area contributed by atoms with E-state index in [0.717, 1.165) is 17.0 Å². The van der Waals surface area contributed by atoms with Crippen molar-refractivity contribution in [1.29, 1.82) is 0 Å². The van der Waals surface area contributed by atoms with Crippen molar-refractivity contribution >= 4 is 0 Å². The van der Waals surface area contributed by atoms with Gasteiger partial charge in [0.15, 0.2) is 0 Å². The number of hydrogen-bond acceptors (Lipinski definition) is 3. The Bertz CT molecular complexity index is 398. The number of pyridine rings is 1. The molecule has 0 fully saturated rings. The van der Waals surface area contributed by atoms with Crippen molar-refractivity contribution in [3.63, 3.8) is 0 Å². The predicted octanol–water partition coefficient (Wildman–Crippen LogP) is 1.85. The smallest absolute Gasteiger partial charge is 0.112 e. The second-order valence-corrected chi connectivity index (χ2v) is 2.83. The number of rotatable bonds is 1. The lowest BCUT2D eigenvalue weighted by Crippen LogP contribution is -1.89. The lowest BCUT2D eigenvalue weighted by molar-refractivity contribution is 1.01. The van der Waals surface area contributed by atoms with E-state index in [0.29, 0.717) is 0 Å². The van der Waals surface area contributed by atoms with Gasteiger partial charge in [0.05, 0.1) is 11.9 Å². The molecule has 0 aliphatic heterocycles. The number of hydrogen-bond donors (Lipinski definition) is 0. The molecule has 13 heavy (non-hydrogen) atoms. The summed E-state index contributed by atoms with van der Waals surface area (Å²) in [5.41, 5.74) is 2.77. The van der Waals surface area contributed by atoms with Gasteiger partial charge in [0.1, 0.15) is 5.69 Å². The third-order valence-electron chi connectivity index (χ3n) is 1.72. The van der Waals surface area contributed by atoms with Crippen LogP contribution in [0, 0.1) is 6.92 Å². The third-order valence-corrected chi connectivity index (χ3v) is 1.72. The molecule has 0 N–H and O–H groups in total. The first kappa shape index (κ1) is 7.86. The lowest BCUT2D eigenvalue weighted by atomic mass is 10.2. The van der Waals surface area contributed by atoms with Gasteiger partial charge in [-0.25, -0.2) is 0 Å². The molecule has 3 heteroatoms. The minimum atomic E-state index is 0.820. The van der Waals surface area contributed by atoms with E-state index in [1.54, 1.807) is 12.4 Å². The van der Waals surface area contributed by atoms with E-state index in [1.807, 2.05) is 31.2 Å². The van der Waals surface area contributed by atoms with Crippen LogP contribution in [0.1, 0.15) is 5.56 Å². The fourth-order valence-electron chi connectivity index (χ4n) is 1.10. The molecule has 2 aromatic rings. The average Bonchev–Trinajstić information content (AvgIpc) is 2.19. The van der Waals surface area contributed by atoms with Crippen LogP contribution in [0.4, 0.5) is 0 Å². The molecular formula is C10H9N3. The second-order valence-electron chi connectivity index (χ2n) is 2.83. The summed E-state index contributed by atoms with van der Waals surface area (Å²) in [6.07, 6.45) is 3.48. The Balaban J connectivity index is 2.48. The Labute approximate surface area is 76.5 Å². The summed E-state index contributed by atoms with van der Waals surface area (Å²) < 4.78 is 0. The highest BCUT2D eigenvalue weighted by atomic mass is 15.1. The molecule has 0 bridgehead atoms. The molecule has 0 unspecified atom stereocenters. The van der Waals surface area contributed by atoms with Crippen LogP contribution < -0.4 is 0 Å². The predicted molar refractivity (Wildman–Crippen MR) is 50.0 cm³/mol. The van der Waals surface area contributed by atoms with E-state index in [4.69, 9.17) is 0 Å². The Morgan fingerprint density at radius 2 is 2.08 bits per heavy atom. The zero-order valence-corrected chi connectivity index (χ0v) is 7.31. The van der Waals surface area contributed by atoms with Crippen molar-refractivity contribution < 1.29 is 0 Å². The van der Waals surface area contributed by atoms with Crippen LogP contribution in [0.5, 0.6) is 0 Å². The maximum Gasteiger partial charge on any atom is 0.112 e. The summed E-state index contributed by atoms with van der Waals surface area (Å²) in [6.45, 7) is 1.99. The van der Waals surface area contributed by atoms with Crippen molar-refractivity contribution in [1.82, 2.24) is 15.2 Å². The van der Waals surface area contributed by atoms with Crippen molar-refractivity contribution in [2.45, 2.75) is 6.92 Å². The van der Waals surface area contributed by atoms with Crippen molar-refractivity contribution in [2.75, 3.05) is 0 Å². The molecule has 0 saturated carbocycles. The maximum atomic E-state index is 4.19. The van der Waals surface area contributed by atoms with E-state index < -0.39 is 0 Å². The fourth-order valence-corrected chi connectivity index (χ4v) is 1.10. The summed E-state index contributed by atoms with van der Waals surface area (Å²) in [7, 11) is 0. The highest BCUT2D eigenvalue weighted by Gasteiger charge is 1.99. The molecule has 2 aromatic heterocycles. The molecule has 2 rings (SSSR count). The minimum Gasteiger partial charge on any atom is -0.255 e. The van der Waals surface area contributed by atoms with Crippen LogP contribution in [-0.4, -0.2) is 15.2 Å². The molecular weight excluding hydrogens is 162 g/mol. The van der Waals surface area contributed by atoms with Crippen LogP contribution in [0.25, 0.3) is 11.4 Å². The van der Waals surface area contributed by atoms with Gasteiger partial charge in [0.2, 0.25) is 0 Å². The number of nitrogens with zero attached hydrogens (tertiary/aromatic N) is 3. The maximum absolute atomic E-state index is 4.19. The molecule has 3 nitrogen and oxygen atoms in total. The van der Waals surface area contributed by atoms with Gasteiger partial charge in [-0.05, 0) is 30.7 Å². The van der Waals surface area contributed by atoms with E-state index in [2.05, 4.69) is 15.2 Å². The summed E-state index contributed by atoms with van der Waals surface area (Å²) in [5.74, 6) is 0. The molecule has 0 aliphatic rings. The quantitative estimate of drug-likeness (QED) is 0.657. The molecule has 64 valence electrons. The Hall–Kier alpha value is -1.77. The molecule has 0 aliphatic carbocycles. The topological polar surface area (TPSA) is 38.7 Å². The largest absolute Gasteiger partial charge is 0.255 e. The highest BCUT2D eigenvalue weighted by Crippen LogP contribution is 2.12. The normalized spacial score (nSPS) is 9.92. The van der Waals surface area contributed by atoms with Gasteiger partial charge in [-0.1, -0.05) is 6.07 Å².